The SMILES string of the molecule is CC(C(=O)Nc1cc(Cl)ccc1F)N(C)Cc1ccc2c(c1)OCO2. The number of hydrogen-bond acceptors (Lipinski definition) is 4. The average Bonchev–Trinajstić information content (AvgIpc) is 3.05. The van der Waals surface area contributed by atoms with E-state index in [4.69, 9.17) is 21.1 Å². The highest BCUT2D eigenvalue weighted by Gasteiger charge is 2.21. The smallest absolute Gasteiger partial charge is 0.241 e. The molecule has 0 radical (unpaired) electrons. The first kappa shape index (κ1) is 17.5. The lowest BCUT2D eigenvalue weighted by molar-refractivity contribution is -0.120. The lowest BCUT2D eigenvalue weighted by Gasteiger charge is -2.24. The molecule has 1 N–H and O–H groups in total. The van der Waals surface area contributed by atoms with Crippen molar-refractivity contribution < 1.29 is 18.7 Å². The van der Waals surface area contributed by atoms with E-state index in [2.05, 4.69) is 5.32 Å². The molecule has 1 aliphatic rings. The van der Waals surface area contributed by atoms with Gasteiger partial charge in [-0.05, 0) is 49.9 Å². The molecular weight excluding hydrogens is 347 g/mol. The lowest BCUT2D eigenvalue weighted by atomic mass is 10.1. The largest absolute Gasteiger partial charge is 0.454 e. The second-order valence-electron chi connectivity index (χ2n) is 5.89. The van der Waals surface area contributed by atoms with Gasteiger partial charge in [0.25, 0.3) is 0 Å². The normalized spacial score (nSPS) is 13.8. The summed E-state index contributed by atoms with van der Waals surface area (Å²) in [5.74, 6) is 0.574. The Morgan fingerprint density at radius 3 is 2.84 bits per heavy atom. The summed E-state index contributed by atoms with van der Waals surface area (Å²) >= 11 is 5.85. The van der Waals surface area contributed by atoms with Crippen LogP contribution in [0.1, 0.15) is 12.5 Å². The number of nitrogens with zero attached hydrogens (tertiary/aromatic N) is 1. The zero-order valence-corrected chi connectivity index (χ0v) is 14.6. The van der Waals surface area contributed by atoms with Crippen LogP contribution in [0.3, 0.4) is 0 Å². The van der Waals surface area contributed by atoms with Gasteiger partial charge in [-0.15, -0.1) is 0 Å². The van der Waals surface area contributed by atoms with Crippen molar-refractivity contribution in [2.75, 3.05) is 19.2 Å². The number of ether oxygens (including phenoxy) is 2. The third-order valence-corrected chi connectivity index (χ3v) is 4.33. The van der Waals surface area contributed by atoms with Crippen LogP contribution in [-0.4, -0.2) is 30.7 Å². The topological polar surface area (TPSA) is 50.8 Å². The minimum atomic E-state index is -0.525. The van der Waals surface area contributed by atoms with Gasteiger partial charge in [-0.25, -0.2) is 4.39 Å². The minimum Gasteiger partial charge on any atom is -0.454 e. The van der Waals surface area contributed by atoms with Crippen LogP contribution in [-0.2, 0) is 11.3 Å². The number of anilines is 1. The van der Waals surface area contributed by atoms with Crippen LogP contribution in [0.15, 0.2) is 36.4 Å². The van der Waals surface area contributed by atoms with Gasteiger partial charge in [0.2, 0.25) is 12.7 Å². The predicted molar refractivity (Wildman–Crippen MR) is 93.5 cm³/mol. The number of nitrogens with one attached hydrogen (secondary N) is 1. The quantitative estimate of drug-likeness (QED) is 0.879. The molecule has 25 heavy (non-hydrogen) atoms. The molecule has 132 valence electrons. The fraction of sp³-hybridized carbons (Fsp3) is 0.278. The fourth-order valence-electron chi connectivity index (χ4n) is 2.49. The van der Waals surface area contributed by atoms with Crippen molar-refractivity contribution in [3.63, 3.8) is 0 Å². The summed E-state index contributed by atoms with van der Waals surface area (Å²) in [4.78, 5) is 14.2. The molecule has 0 bridgehead atoms. The number of hydrogen-bond donors (Lipinski definition) is 1. The molecule has 0 aromatic heterocycles. The van der Waals surface area contributed by atoms with Gasteiger partial charge in [-0.1, -0.05) is 17.7 Å². The summed E-state index contributed by atoms with van der Waals surface area (Å²) < 4.78 is 24.4. The maximum Gasteiger partial charge on any atom is 0.241 e. The molecule has 1 atom stereocenters. The van der Waals surface area contributed by atoms with Gasteiger partial charge in [0.05, 0.1) is 11.7 Å². The molecule has 7 heteroatoms. The van der Waals surface area contributed by atoms with E-state index in [1.165, 1.54) is 18.2 Å². The van der Waals surface area contributed by atoms with Crippen LogP contribution in [0.2, 0.25) is 5.02 Å². The number of benzene rings is 2. The van der Waals surface area contributed by atoms with Crippen LogP contribution in [0, 0.1) is 5.82 Å². The van der Waals surface area contributed by atoms with Gasteiger partial charge in [0.15, 0.2) is 11.5 Å². The molecule has 1 aliphatic heterocycles. The van der Waals surface area contributed by atoms with Gasteiger partial charge in [-0.3, -0.25) is 9.69 Å². The van der Waals surface area contributed by atoms with Crippen molar-refractivity contribution in [1.82, 2.24) is 4.90 Å². The first-order valence-corrected chi connectivity index (χ1v) is 8.16. The highest BCUT2D eigenvalue weighted by molar-refractivity contribution is 6.30. The highest BCUT2D eigenvalue weighted by atomic mass is 35.5. The number of likely N-dealkylation sites (N-methyl/N-ethyl adjacent to an activating group) is 1. The van der Waals surface area contributed by atoms with Crippen molar-refractivity contribution >= 4 is 23.2 Å². The minimum absolute atomic E-state index is 0.0702. The summed E-state index contributed by atoms with van der Waals surface area (Å²) in [5.41, 5.74) is 1.06. The summed E-state index contributed by atoms with van der Waals surface area (Å²) in [6.07, 6.45) is 0. The average molecular weight is 365 g/mol. The number of rotatable bonds is 5. The van der Waals surface area contributed by atoms with Crippen LogP contribution in [0.5, 0.6) is 11.5 Å². The van der Waals surface area contributed by atoms with Gasteiger partial charge in [-0.2, -0.15) is 0 Å². The van der Waals surface area contributed by atoms with Crippen LogP contribution in [0.4, 0.5) is 10.1 Å². The predicted octanol–water partition coefficient (Wildman–Crippen LogP) is 3.67. The summed E-state index contributed by atoms with van der Waals surface area (Å²) in [7, 11) is 1.82. The number of carbonyl (C=O) groups excluding carboxylic acids is 1. The Morgan fingerprint density at radius 2 is 2.04 bits per heavy atom. The Labute approximate surface area is 150 Å². The third-order valence-electron chi connectivity index (χ3n) is 4.10. The van der Waals surface area contributed by atoms with Gasteiger partial charge >= 0.3 is 0 Å². The fourth-order valence-corrected chi connectivity index (χ4v) is 2.67. The maximum absolute atomic E-state index is 13.8. The van der Waals surface area contributed by atoms with E-state index in [1.54, 1.807) is 6.92 Å². The molecule has 3 rings (SSSR count). The molecular formula is C18H18ClFN2O3. The Bertz CT molecular complexity index is 800. The second-order valence-corrected chi connectivity index (χ2v) is 6.33. The van der Waals surface area contributed by atoms with Crippen LogP contribution < -0.4 is 14.8 Å². The first-order chi connectivity index (χ1) is 11.9. The third kappa shape index (κ3) is 4.03. The second kappa shape index (κ2) is 7.29. The van der Waals surface area contributed by atoms with Gasteiger partial charge in [0, 0.05) is 11.6 Å². The highest BCUT2D eigenvalue weighted by Crippen LogP contribution is 2.32. The van der Waals surface area contributed by atoms with Crippen molar-refractivity contribution in [3.05, 3.63) is 52.8 Å². The summed E-state index contributed by atoms with van der Waals surface area (Å²) in [5, 5.41) is 2.93. The van der Waals surface area contributed by atoms with E-state index >= 15 is 0 Å². The van der Waals surface area contributed by atoms with Crippen molar-refractivity contribution in [2.45, 2.75) is 19.5 Å². The zero-order chi connectivity index (χ0) is 18.0. The van der Waals surface area contributed by atoms with E-state index in [0.29, 0.717) is 23.1 Å². The molecule has 0 saturated heterocycles. The lowest BCUT2D eigenvalue weighted by Crippen LogP contribution is -2.39. The number of amides is 1. The van der Waals surface area contributed by atoms with E-state index < -0.39 is 11.9 Å². The van der Waals surface area contributed by atoms with E-state index in [-0.39, 0.29) is 18.4 Å². The van der Waals surface area contributed by atoms with E-state index in [9.17, 15) is 9.18 Å². The van der Waals surface area contributed by atoms with Gasteiger partial charge < -0.3 is 14.8 Å². The zero-order valence-electron chi connectivity index (χ0n) is 13.9. The van der Waals surface area contributed by atoms with Crippen LogP contribution >= 0.6 is 11.6 Å². The number of carbonyl (C=O) groups is 1. The Hall–Kier alpha value is -2.31. The maximum atomic E-state index is 13.8. The summed E-state index contributed by atoms with van der Waals surface area (Å²) in [6.45, 7) is 2.51. The molecule has 0 spiro atoms. The van der Waals surface area contributed by atoms with Gasteiger partial charge in [0.1, 0.15) is 5.82 Å². The van der Waals surface area contributed by atoms with E-state index in [1.807, 2.05) is 30.1 Å². The first-order valence-electron chi connectivity index (χ1n) is 7.78. The Kier molecular flexibility index (Phi) is 5.11. The standard InChI is InChI=1S/C18H18ClFN2O3/c1-11(18(23)21-15-8-13(19)4-5-14(15)20)22(2)9-12-3-6-16-17(7-12)25-10-24-16/h3-8,11H,9-10H2,1-2H3,(H,21,23). The molecule has 0 fully saturated rings. The molecule has 0 saturated carbocycles. The molecule has 1 heterocycles. The Balaban J connectivity index is 1.64. The van der Waals surface area contributed by atoms with Crippen molar-refractivity contribution in [2.24, 2.45) is 0 Å². The molecule has 1 amide bonds. The molecule has 2 aromatic carbocycles. The summed E-state index contributed by atoms with van der Waals surface area (Å²) in [6, 6.07) is 9.23. The van der Waals surface area contributed by atoms with Crippen molar-refractivity contribution in [3.8, 4) is 11.5 Å². The number of halogens is 2. The molecule has 5 nitrogen and oxygen atoms in total. The van der Waals surface area contributed by atoms with Crippen molar-refractivity contribution in [1.29, 1.82) is 0 Å². The van der Waals surface area contributed by atoms with Crippen LogP contribution in [0.25, 0.3) is 0 Å². The number of fused-ring (bicyclic) bond motifs is 1. The monoisotopic (exact) mass is 364 g/mol. The molecule has 2 aromatic rings. The molecule has 1 unspecified atom stereocenters. The van der Waals surface area contributed by atoms with E-state index in [0.717, 1.165) is 5.56 Å². The Morgan fingerprint density at radius 1 is 1.28 bits per heavy atom. The molecule has 0 aliphatic carbocycles.